The smallest absolute Gasteiger partial charge is 0.191 e. The summed E-state index contributed by atoms with van der Waals surface area (Å²) in [5, 5.41) is 7.02. The fraction of sp³-hybridized carbons (Fsp3) is 0.950. The lowest BCUT2D eigenvalue weighted by molar-refractivity contribution is 0.0893. The molecule has 1 heterocycles. The Hall–Kier alpha value is -0.810. The lowest BCUT2D eigenvalue weighted by Gasteiger charge is -2.30. The lowest BCUT2D eigenvalue weighted by Crippen LogP contribution is -2.45. The summed E-state index contributed by atoms with van der Waals surface area (Å²) in [4.78, 5) is 4.72. The average molecular weight is 354 g/mol. The molecule has 0 radical (unpaired) electrons. The van der Waals surface area contributed by atoms with Crippen molar-refractivity contribution in [1.82, 2.24) is 10.6 Å². The Kier molecular flexibility index (Phi) is 10.3. The van der Waals surface area contributed by atoms with Crippen LogP contribution in [0.1, 0.15) is 65.2 Å². The molecule has 25 heavy (non-hydrogen) atoms. The molecular weight excluding hydrogens is 314 g/mol. The van der Waals surface area contributed by atoms with Crippen LogP contribution in [-0.2, 0) is 9.47 Å². The van der Waals surface area contributed by atoms with E-state index in [1.54, 1.807) is 0 Å². The van der Waals surface area contributed by atoms with Crippen LogP contribution in [0.25, 0.3) is 0 Å². The number of guanidine groups is 1. The van der Waals surface area contributed by atoms with Gasteiger partial charge in [-0.05, 0) is 51.4 Å². The van der Waals surface area contributed by atoms with Gasteiger partial charge in [-0.3, -0.25) is 4.99 Å². The number of nitrogens with zero attached hydrogens (tertiary/aromatic N) is 1. The van der Waals surface area contributed by atoms with E-state index in [1.165, 1.54) is 38.5 Å². The Labute approximate surface area is 154 Å². The van der Waals surface area contributed by atoms with Gasteiger partial charge in [-0.15, -0.1) is 0 Å². The third-order valence-electron chi connectivity index (χ3n) is 5.32. The predicted octanol–water partition coefficient (Wildman–Crippen LogP) is 3.34. The molecule has 0 spiro atoms. The van der Waals surface area contributed by atoms with E-state index in [1.807, 2.05) is 0 Å². The summed E-state index contributed by atoms with van der Waals surface area (Å²) in [7, 11) is 0. The van der Waals surface area contributed by atoms with Crippen molar-refractivity contribution in [3.05, 3.63) is 0 Å². The van der Waals surface area contributed by atoms with Crippen LogP contribution in [0, 0.1) is 11.8 Å². The van der Waals surface area contributed by atoms with Gasteiger partial charge in [-0.1, -0.05) is 19.8 Å². The van der Waals surface area contributed by atoms with Crippen molar-refractivity contribution in [3.63, 3.8) is 0 Å². The zero-order valence-corrected chi connectivity index (χ0v) is 16.4. The predicted molar refractivity (Wildman–Crippen MR) is 104 cm³/mol. The minimum Gasteiger partial charge on any atom is -0.381 e. The second-order valence-electron chi connectivity index (χ2n) is 7.57. The molecule has 0 aromatic carbocycles. The van der Waals surface area contributed by atoms with E-state index in [4.69, 9.17) is 14.5 Å². The van der Waals surface area contributed by atoms with Crippen molar-refractivity contribution >= 4 is 5.96 Å². The highest BCUT2D eigenvalue weighted by atomic mass is 16.5. The molecule has 1 unspecified atom stereocenters. The van der Waals surface area contributed by atoms with Crippen LogP contribution in [0.15, 0.2) is 4.99 Å². The average Bonchev–Trinajstić information content (AvgIpc) is 3.13. The van der Waals surface area contributed by atoms with Crippen LogP contribution in [0.4, 0.5) is 0 Å². The monoisotopic (exact) mass is 353 g/mol. The largest absolute Gasteiger partial charge is 0.381 e. The zero-order valence-electron chi connectivity index (χ0n) is 16.4. The zero-order chi connectivity index (χ0) is 17.7. The van der Waals surface area contributed by atoms with Crippen molar-refractivity contribution in [3.8, 4) is 0 Å². The first-order chi connectivity index (χ1) is 12.3. The number of hydrogen-bond donors (Lipinski definition) is 2. The number of rotatable bonds is 10. The highest BCUT2D eigenvalue weighted by Gasteiger charge is 2.21. The van der Waals surface area contributed by atoms with Crippen LogP contribution in [-0.4, -0.2) is 51.5 Å². The molecule has 0 aromatic heterocycles. The van der Waals surface area contributed by atoms with E-state index < -0.39 is 0 Å². The van der Waals surface area contributed by atoms with Crippen LogP contribution in [0.2, 0.25) is 0 Å². The van der Waals surface area contributed by atoms with E-state index >= 15 is 0 Å². The second-order valence-corrected chi connectivity index (χ2v) is 7.57. The standard InChI is InChI=1S/C20H39N3O2/c1-3-6-17-7-9-19(10-8-17)23-20(21-4-2)22-12-5-13-24-15-18-11-14-25-16-18/h17-19H,3-16H2,1-2H3,(H2,21,22,23). The van der Waals surface area contributed by atoms with Crippen LogP contribution in [0.3, 0.4) is 0 Å². The molecule has 1 aliphatic carbocycles. The first kappa shape index (κ1) is 20.5. The van der Waals surface area contributed by atoms with Crippen molar-refractivity contribution in [2.45, 2.75) is 71.3 Å². The highest BCUT2D eigenvalue weighted by molar-refractivity contribution is 5.80. The number of aliphatic imine (C=N–C) groups is 1. The summed E-state index contributed by atoms with van der Waals surface area (Å²) < 4.78 is 11.1. The molecule has 2 aliphatic rings. The van der Waals surface area contributed by atoms with E-state index in [0.29, 0.717) is 12.0 Å². The maximum Gasteiger partial charge on any atom is 0.191 e. The third-order valence-corrected chi connectivity index (χ3v) is 5.32. The molecule has 2 rings (SSSR count). The number of hydrogen-bond acceptors (Lipinski definition) is 3. The summed E-state index contributed by atoms with van der Waals surface area (Å²) >= 11 is 0. The molecule has 0 amide bonds. The molecule has 2 fully saturated rings. The number of nitrogens with one attached hydrogen (secondary N) is 2. The van der Waals surface area contributed by atoms with Crippen molar-refractivity contribution < 1.29 is 9.47 Å². The maximum absolute atomic E-state index is 5.75. The van der Waals surface area contributed by atoms with Crippen LogP contribution in [0.5, 0.6) is 0 Å². The molecule has 1 atom stereocenters. The fourth-order valence-corrected chi connectivity index (χ4v) is 3.84. The second kappa shape index (κ2) is 12.5. The molecule has 2 N–H and O–H groups in total. The lowest BCUT2D eigenvalue weighted by atomic mass is 9.83. The van der Waals surface area contributed by atoms with E-state index in [2.05, 4.69) is 24.5 Å². The summed E-state index contributed by atoms with van der Waals surface area (Å²) in [5.41, 5.74) is 0. The van der Waals surface area contributed by atoms with Gasteiger partial charge in [0.2, 0.25) is 0 Å². The Morgan fingerprint density at radius 1 is 1.12 bits per heavy atom. The molecule has 5 heteroatoms. The van der Waals surface area contributed by atoms with Gasteiger partial charge in [0.1, 0.15) is 0 Å². The summed E-state index contributed by atoms with van der Waals surface area (Å²) in [5.74, 6) is 2.53. The van der Waals surface area contributed by atoms with Crippen LogP contribution < -0.4 is 10.6 Å². The Morgan fingerprint density at radius 3 is 2.64 bits per heavy atom. The molecule has 1 aliphatic heterocycles. The van der Waals surface area contributed by atoms with Gasteiger partial charge in [0.25, 0.3) is 0 Å². The van der Waals surface area contributed by atoms with Gasteiger partial charge >= 0.3 is 0 Å². The SMILES string of the molecule is CCCC1CCC(NC(=NCCCOCC2CCOC2)NCC)CC1. The molecular formula is C20H39N3O2. The van der Waals surface area contributed by atoms with E-state index in [9.17, 15) is 0 Å². The van der Waals surface area contributed by atoms with Crippen molar-refractivity contribution in [2.75, 3.05) is 39.5 Å². The summed E-state index contributed by atoms with van der Waals surface area (Å²) in [6.07, 6.45) is 10.1. The normalized spacial score (nSPS) is 27.4. The fourth-order valence-electron chi connectivity index (χ4n) is 3.84. The summed E-state index contributed by atoms with van der Waals surface area (Å²) in [6, 6.07) is 0.588. The number of ether oxygens (including phenoxy) is 2. The van der Waals surface area contributed by atoms with Gasteiger partial charge in [0.05, 0.1) is 13.2 Å². The summed E-state index contributed by atoms with van der Waals surface area (Å²) in [6.45, 7) is 9.55. The Morgan fingerprint density at radius 2 is 1.96 bits per heavy atom. The van der Waals surface area contributed by atoms with Gasteiger partial charge in [-0.2, -0.15) is 0 Å². The van der Waals surface area contributed by atoms with Gasteiger partial charge in [0.15, 0.2) is 5.96 Å². The molecule has 0 aromatic rings. The van der Waals surface area contributed by atoms with E-state index in [0.717, 1.165) is 64.2 Å². The van der Waals surface area contributed by atoms with Crippen molar-refractivity contribution in [1.29, 1.82) is 0 Å². The maximum atomic E-state index is 5.75. The Bertz CT molecular complexity index is 362. The Balaban J connectivity index is 1.59. The third kappa shape index (κ3) is 8.41. The molecule has 0 bridgehead atoms. The molecule has 5 nitrogen and oxygen atoms in total. The minimum atomic E-state index is 0.588. The molecule has 1 saturated heterocycles. The molecule has 146 valence electrons. The van der Waals surface area contributed by atoms with Crippen molar-refractivity contribution in [2.24, 2.45) is 16.8 Å². The van der Waals surface area contributed by atoms with Gasteiger partial charge in [0, 0.05) is 38.3 Å². The molecule has 1 saturated carbocycles. The highest BCUT2D eigenvalue weighted by Crippen LogP contribution is 2.27. The van der Waals surface area contributed by atoms with Gasteiger partial charge in [-0.25, -0.2) is 0 Å². The van der Waals surface area contributed by atoms with Crippen LogP contribution >= 0.6 is 0 Å². The first-order valence-corrected chi connectivity index (χ1v) is 10.5. The first-order valence-electron chi connectivity index (χ1n) is 10.5. The van der Waals surface area contributed by atoms with Gasteiger partial charge < -0.3 is 20.1 Å². The quantitative estimate of drug-likeness (QED) is 0.359. The minimum absolute atomic E-state index is 0.588. The van der Waals surface area contributed by atoms with E-state index in [-0.39, 0.29) is 0 Å². The topological polar surface area (TPSA) is 54.9 Å².